The van der Waals surface area contributed by atoms with Crippen molar-refractivity contribution in [2.45, 2.75) is 19.3 Å². The van der Waals surface area contributed by atoms with E-state index in [9.17, 15) is 0 Å². The zero-order chi connectivity index (χ0) is 7.82. The van der Waals surface area contributed by atoms with Gasteiger partial charge in [-0.1, -0.05) is 0 Å². The van der Waals surface area contributed by atoms with E-state index in [1.165, 1.54) is 5.92 Å². The molecule has 3 nitrogen and oxygen atoms in total. The molecule has 4 heteroatoms. The van der Waals surface area contributed by atoms with Crippen LogP contribution in [-0.2, 0) is 0 Å². The van der Waals surface area contributed by atoms with Crippen LogP contribution in [0.25, 0.3) is 0 Å². The topological polar surface area (TPSA) is 78.1 Å². The summed E-state index contributed by atoms with van der Waals surface area (Å²) in [6.07, 6.45) is 2.94. The summed E-state index contributed by atoms with van der Waals surface area (Å²) in [6, 6.07) is 0. The van der Waals surface area contributed by atoms with Gasteiger partial charge in [-0.25, -0.2) is 0 Å². The molecule has 0 unspecified atom stereocenters. The van der Waals surface area contributed by atoms with Gasteiger partial charge < -0.3 is 17.2 Å². The van der Waals surface area contributed by atoms with Crippen LogP contribution >= 0.6 is 0 Å². The van der Waals surface area contributed by atoms with E-state index >= 15 is 0 Å². The molecular weight excluding hydrogens is 199 g/mol. The van der Waals surface area contributed by atoms with Crippen molar-refractivity contribution in [3.05, 3.63) is 5.92 Å². The molecule has 1 radical (unpaired) electrons. The number of rotatable bonds is 6. The van der Waals surface area contributed by atoms with Crippen LogP contribution < -0.4 is 17.2 Å². The molecule has 11 heavy (non-hydrogen) atoms. The molecular formula is C7H22GeN3. The molecule has 0 spiro atoms. The van der Waals surface area contributed by atoms with Crippen LogP contribution in [0.5, 0.6) is 0 Å². The summed E-state index contributed by atoms with van der Waals surface area (Å²) in [4.78, 5) is 0. The van der Waals surface area contributed by atoms with E-state index in [1.807, 2.05) is 0 Å². The van der Waals surface area contributed by atoms with Crippen molar-refractivity contribution in [3.63, 3.8) is 0 Å². The maximum absolute atomic E-state index is 5.39. The van der Waals surface area contributed by atoms with E-state index < -0.39 is 0 Å². The van der Waals surface area contributed by atoms with Crippen molar-refractivity contribution in [2.24, 2.45) is 17.2 Å². The molecule has 6 N–H and O–H groups in total. The Hall–Kier alpha value is 0.423. The summed E-state index contributed by atoms with van der Waals surface area (Å²) < 4.78 is 0. The van der Waals surface area contributed by atoms with Crippen molar-refractivity contribution < 1.29 is 0 Å². The molecule has 69 valence electrons. The average molecular weight is 221 g/mol. The standard InChI is InChI=1S/C7H18N3.GeH4/c8-4-1-7(2-5-9)3-6-10;/h1-6,8-10H2;1H4. The first-order valence-electron chi connectivity index (χ1n) is 3.79. The van der Waals surface area contributed by atoms with Crippen LogP contribution in [0.15, 0.2) is 0 Å². The number of hydrogen-bond donors (Lipinski definition) is 3. The van der Waals surface area contributed by atoms with Crippen molar-refractivity contribution in [1.29, 1.82) is 0 Å². The molecule has 0 aliphatic heterocycles. The van der Waals surface area contributed by atoms with Crippen molar-refractivity contribution >= 4 is 17.6 Å². The van der Waals surface area contributed by atoms with E-state index in [2.05, 4.69) is 0 Å². The predicted molar refractivity (Wildman–Crippen MR) is 55.6 cm³/mol. The minimum atomic E-state index is 0. The monoisotopic (exact) mass is 222 g/mol. The van der Waals surface area contributed by atoms with Crippen LogP contribution in [0, 0.1) is 5.92 Å². The second kappa shape index (κ2) is 10.4. The van der Waals surface area contributed by atoms with E-state index in [0.717, 1.165) is 38.9 Å². The second-order valence-electron chi connectivity index (χ2n) is 2.37. The zero-order valence-electron chi connectivity index (χ0n) is 6.47. The van der Waals surface area contributed by atoms with Crippen LogP contribution in [0.4, 0.5) is 0 Å². The van der Waals surface area contributed by atoms with Crippen LogP contribution in [0.2, 0.25) is 0 Å². The summed E-state index contributed by atoms with van der Waals surface area (Å²) in [5.41, 5.74) is 16.2. The Balaban J connectivity index is 0. The van der Waals surface area contributed by atoms with Gasteiger partial charge in [-0.15, -0.1) is 0 Å². The molecule has 0 bridgehead atoms. The van der Waals surface area contributed by atoms with Crippen LogP contribution in [0.3, 0.4) is 0 Å². The Kier molecular flexibility index (Phi) is 13.2. The fraction of sp³-hybridized carbons (Fsp3) is 0.857. The molecule has 0 aromatic heterocycles. The first-order valence-corrected chi connectivity index (χ1v) is 3.79. The summed E-state index contributed by atoms with van der Waals surface area (Å²) in [5, 5.41) is 0. The van der Waals surface area contributed by atoms with Crippen molar-refractivity contribution in [1.82, 2.24) is 0 Å². The minimum absolute atomic E-state index is 0. The van der Waals surface area contributed by atoms with Crippen LogP contribution in [0.1, 0.15) is 19.3 Å². The predicted octanol–water partition coefficient (Wildman–Crippen LogP) is -1.84. The van der Waals surface area contributed by atoms with Gasteiger partial charge in [0.15, 0.2) is 0 Å². The third kappa shape index (κ3) is 8.33. The molecule has 0 aromatic carbocycles. The fourth-order valence-corrected chi connectivity index (χ4v) is 0.987. The van der Waals surface area contributed by atoms with Gasteiger partial charge in [0.2, 0.25) is 0 Å². The molecule has 0 rings (SSSR count). The first kappa shape index (κ1) is 14.0. The number of hydrogen-bond acceptors (Lipinski definition) is 3. The summed E-state index contributed by atoms with van der Waals surface area (Å²) >= 11 is 0. The van der Waals surface area contributed by atoms with E-state index in [1.54, 1.807) is 0 Å². The molecule has 0 aliphatic rings. The van der Waals surface area contributed by atoms with Crippen molar-refractivity contribution in [3.8, 4) is 0 Å². The average Bonchev–Trinajstić information content (AvgIpc) is 1.90. The van der Waals surface area contributed by atoms with Gasteiger partial charge >= 0.3 is 17.6 Å². The van der Waals surface area contributed by atoms with Gasteiger partial charge in [0.1, 0.15) is 0 Å². The Morgan fingerprint density at radius 3 is 1.18 bits per heavy atom. The summed E-state index contributed by atoms with van der Waals surface area (Å²) in [7, 11) is 0. The number of nitrogens with two attached hydrogens (primary N) is 3. The van der Waals surface area contributed by atoms with Gasteiger partial charge in [-0.3, -0.25) is 0 Å². The SMILES string of the molecule is NCC[C](CCN)CCN.[GeH4]. The summed E-state index contributed by atoms with van der Waals surface area (Å²) in [6.45, 7) is 2.15. The first-order chi connectivity index (χ1) is 4.85. The molecule has 0 saturated carbocycles. The van der Waals surface area contributed by atoms with Crippen LogP contribution in [-0.4, -0.2) is 37.2 Å². The molecule has 0 saturated heterocycles. The van der Waals surface area contributed by atoms with Gasteiger partial charge in [-0.2, -0.15) is 0 Å². The van der Waals surface area contributed by atoms with Gasteiger partial charge in [0.25, 0.3) is 0 Å². The Morgan fingerprint density at radius 1 is 0.727 bits per heavy atom. The second-order valence-corrected chi connectivity index (χ2v) is 2.37. The Bertz CT molecular complexity index is 56.4. The van der Waals surface area contributed by atoms with Crippen molar-refractivity contribution in [2.75, 3.05) is 19.6 Å². The van der Waals surface area contributed by atoms with E-state index in [4.69, 9.17) is 17.2 Å². The fourth-order valence-electron chi connectivity index (χ4n) is 0.987. The molecule has 0 aliphatic carbocycles. The molecule has 0 amide bonds. The third-order valence-corrected chi connectivity index (χ3v) is 1.49. The van der Waals surface area contributed by atoms with Gasteiger partial charge in [0, 0.05) is 0 Å². The molecule has 0 fully saturated rings. The molecule has 0 atom stereocenters. The Morgan fingerprint density at radius 2 is 1.00 bits per heavy atom. The third-order valence-electron chi connectivity index (χ3n) is 1.49. The zero-order valence-corrected chi connectivity index (χ0v) is 6.47. The molecule has 0 heterocycles. The van der Waals surface area contributed by atoms with E-state index in [-0.39, 0.29) is 17.6 Å². The summed E-state index contributed by atoms with van der Waals surface area (Å²) in [5.74, 6) is 1.41. The molecule has 0 aromatic rings. The Labute approximate surface area is 80.0 Å². The quantitative estimate of drug-likeness (QED) is 0.461. The maximum atomic E-state index is 5.39. The van der Waals surface area contributed by atoms with Gasteiger partial charge in [-0.05, 0) is 44.8 Å². The van der Waals surface area contributed by atoms with Gasteiger partial charge in [0.05, 0.1) is 0 Å². The normalized spacial score (nSPS) is 9.82. The van der Waals surface area contributed by atoms with E-state index in [0.29, 0.717) is 0 Å².